The fraction of sp³-hybridized carbons (Fsp3) is 0.929. The highest BCUT2D eigenvalue weighted by Gasteiger charge is 2.32. The first-order valence-electron chi connectivity index (χ1n) is 7.09. The maximum atomic E-state index is 11.8. The second kappa shape index (κ2) is 9.34. The summed E-state index contributed by atoms with van der Waals surface area (Å²) in [6.07, 6.45) is 2.99. The van der Waals surface area contributed by atoms with Crippen LogP contribution in [0, 0.1) is 0 Å². The molecule has 18 heavy (non-hydrogen) atoms. The van der Waals surface area contributed by atoms with Crippen molar-refractivity contribution in [1.29, 1.82) is 0 Å². The van der Waals surface area contributed by atoms with Gasteiger partial charge in [0.1, 0.15) is 5.54 Å². The van der Waals surface area contributed by atoms with Crippen molar-refractivity contribution in [3.8, 4) is 0 Å². The normalized spacial score (nSPS) is 14.6. The third kappa shape index (κ3) is 5.83. The summed E-state index contributed by atoms with van der Waals surface area (Å²) in [5.41, 5.74) is -0.535. The minimum atomic E-state index is -0.535. The number of carbonyl (C=O) groups excluding carboxylic acids is 1. The van der Waals surface area contributed by atoms with Crippen LogP contribution in [-0.4, -0.2) is 49.7 Å². The quantitative estimate of drug-likeness (QED) is 0.481. The Morgan fingerprint density at radius 3 is 2.28 bits per heavy atom. The van der Waals surface area contributed by atoms with Crippen LogP contribution >= 0.6 is 0 Å². The van der Waals surface area contributed by atoms with Gasteiger partial charge in [-0.05, 0) is 52.4 Å². The molecule has 0 saturated carbocycles. The zero-order valence-electron chi connectivity index (χ0n) is 12.7. The molecule has 108 valence electrons. The van der Waals surface area contributed by atoms with Crippen LogP contribution in [0.5, 0.6) is 0 Å². The molecule has 0 heterocycles. The van der Waals surface area contributed by atoms with Crippen molar-refractivity contribution in [1.82, 2.24) is 10.2 Å². The molecule has 0 amide bonds. The first-order chi connectivity index (χ1) is 8.53. The van der Waals surface area contributed by atoms with Crippen molar-refractivity contribution in [2.24, 2.45) is 0 Å². The molecular formula is C14H30N2O2. The standard InChI is InChI=1S/C14H30N2O2/c1-6-15-14(4,13(17)18-5)11-9-10-12-16(7-2)8-3/h15H,6-12H2,1-5H3. The molecule has 0 aliphatic carbocycles. The number of methoxy groups -OCH3 is 1. The summed E-state index contributed by atoms with van der Waals surface area (Å²) in [6.45, 7) is 12.4. The molecule has 0 aliphatic rings. The van der Waals surface area contributed by atoms with Gasteiger partial charge in [0, 0.05) is 0 Å². The lowest BCUT2D eigenvalue weighted by atomic mass is 9.94. The van der Waals surface area contributed by atoms with Gasteiger partial charge in [-0.25, -0.2) is 0 Å². The number of hydrogen-bond donors (Lipinski definition) is 1. The minimum absolute atomic E-state index is 0.160. The Bertz CT molecular complexity index is 230. The second-order valence-electron chi connectivity index (χ2n) is 4.84. The predicted molar refractivity (Wildman–Crippen MR) is 75.7 cm³/mol. The lowest BCUT2D eigenvalue weighted by Crippen LogP contribution is -2.50. The van der Waals surface area contributed by atoms with Gasteiger partial charge in [-0.3, -0.25) is 4.79 Å². The third-order valence-electron chi connectivity index (χ3n) is 3.50. The number of nitrogens with one attached hydrogen (secondary N) is 1. The minimum Gasteiger partial charge on any atom is -0.468 e. The van der Waals surface area contributed by atoms with Gasteiger partial charge in [-0.1, -0.05) is 20.8 Å². The number of likely N-dealkylation sites (N-methyl/N-ethyl adjacent to an activating group) is 1. The molecule has 1 atom stereocenters. The number of rotatable bonds is 10. The Labute approximate surface area is 112 Å². The average Bonchev–Trinajstić information content (AvgIpc) is 2.38. The van der Waals surface area contributed by atoms with Crippen molar-refractivity contribution in [3.05, 3.63) is 0 Å². The highest BCUT2D eigenvalue weighted by atomic mass is 16.5. The van der Waals surface area contributed by atoms with E-state index < -0.39 is 5.54 Å². The molecule has 1 unspecified atom stereocenters. The SMILES string of the molecule is CCNC(C)(CCCCN(CC)CC)C(=O)OC. The van der Waals surface area contributed by atoms with Gasteiger partial charge in [-0.15, -0.1) is 0 Å². The molecule has 0 aromatic carbocycles. The second-order valence-corrected chi connectivity index (χ2v) is 4.84. The molecule has 0 bridgehead atoms. The number of ether oxygens (including phenoxy) is 1. The fourth-order valence-electron chi connectivity index (χ4n) is 2.23. The van der Waals surface area contributed by atoms with E-state index in [1.54, 1.807) is 0 Å². The third-order valence-corrected chi connectivity index (χ3v) is 3.50. The van der Waals surface area contributed by atoms with Crippen molar-refractivity contribution in [2.45, 2.75) is 52.5 Å². The molecule has 0 spiro atoms. The van der Waals surface area contributed by atoms with Crippen LogP contribution in [-0.2, 0) is 9.53 Å². The summed E-state index contributed by atoms with van der Waals surface area (Å²) in [4.78, 5) is 14.2. The molecule has 0 aliphatic heterocycles. The van der Waals surface area contributed by atoms with E-state index in [-0.39, 0.29) is 5.97 Å². The van der Waals surface area contributed by atoms with Gasteiger partial charge in [0.2, 0.25) is 0 Å². The number of hydrogen-bond acceptors (Lipinski definition) is 4. The van der Waals surface area contributed by atoms with Crippen molar-refractivity contribution < 1.29 is 9.53 Å². The Hall–Kier alpha value is -0.610. The van der Waals surface area contributed by atoms with E-state index in [4.69, 9.17) is 4.74 Å². The van der Waals surface area contributed by atoms with Crippen LogP contribution in [0.2, 0.25) is 0 Å². The Morgan fingerprint density at radius 1 is 1.22 bits per heavy atom. The van der Waals surface area contributed by atoms with E-state index in [2.05, 4.69) is 24.1 Å². The Morgan fingerprint density at radius 2 is 1.83 bits per heavy atom. The van der Waals surface area contributed by atoms with Crippen LogP contribution < -0.4 is 5.32 Å². The summed E-state index contributed by atoms with van der Waals surface area (Å²) < 4.78 is 4.88. The van der Waals surface area contributed by atoms with Crippen molar-refractivity contribution in [3.63, 3.8) is 0 Å². The predicted octanol–water partition coefficient (Wildman–Crippen LogP) is 2.04. The fourth-order valence-corrected chi connectivity index (χ4v) is 2.23. The van der Waals surface area contributed by atoms with Gasteiger partial charge >= 0.3 is 5.97 Å². The van der Waals surface area contributed by atoms with Crippen LogP contribution in [0.25, 0.3) is 0 Å². The molecule has 0 radical (unpaired) electrons. The van der Waals surface area contributed by atoms with Gasteiger partial charge in [-0.2, -0.15) is 0 Å². The first-order valence-corrected chi connectivity index (χ1v) is 7.09. The van der Waals surface area contributed by atoms with Gasteiger partial charge in [0.25, 0.3) is 0 Å². The summed E-state index contributed by atoms with van der Waals surface area (Å²) in [7, 11) is 1.45. The van der Waals surface area contributed by atoms with E-state index in [0.29, 0.717) is 0 Å². The summed E-state index contributed by atoms with van der Waals surface area (Å²) in [5.74, 6) is -0.160. The van der Waals surface area contributed by atoms with Crippen molar-refractivity contribution >= 4 is 5.97 Å². The zero-order valence-corrected chi connectivity index (χ0v) is 12.7. The summed E-state index contributed by atoms with van der Waals surface area (Å²) in [6, 6.07) is 0. The molecule has 0 fully saturated rings. The molecule has 0 saturated heterocycles. The van der Waals surface area contributed by atoms with Gasteiger partial charge in [0.05, 0.1) is 7.11 Å². The molecule has 1 N–H and O–H groups in total. The molecule has 4 nitrogen and oxygen atoms in total. The van der Waals surface area contributed by atoms with E-state index in [0.717, 1.165) is 45.4 Å². The highest BCUT2D eigenvalue weighted by Crippen LogP contribution is 2.16. The van der Waals surface area contributed by atoms with Crippen molar-refractivity contribution in [2.75, 3.05) is 33.3 Å². The number of unbranched alkanes of at least 4 members (excludes halogenated alkanes) is 1. The zero-order chi connectivity index (χ0) is 14.0. The molecular weight excluding hydrogens is 228 g/mol. The summed E-state index contributed by atoms with van der Waals surface area (Å²) in [5, 5.41) is 3.24. The largest absolute Gasteiger partial charge is 0.468 e. The average molecular weight is 258 g/mol. The molecule has 0 rings (SSSR count). The smallest absolute Gasteiger partial charge is 0.325 e. The van der Waals surface area contributed by atoms with E-state index in [1.807, 2.05) is 13.8 Å². The molecule has 4 heteroatoms. The lowest BCUT2D eigenvalue weighted by molar-refractivity contribution is -0.148. The first kappa shape index (κ1) is 17.4. The maximum absolute atomic E-state index is 11.8. The number of nitrogens with zero attached hydrogens (tertiary/aromatic N) is 1. The van der Waals surface area contributed by atoms with E-state index in [1.165, 1.54) is 7.11 Å². The maximum Gasteiger partial charge on any atom is 0.325 e. The Balaban J connectivity index is 4.08. The molecule has 0 aromatic rings. The number of carbonyl (C=O) groups is 1. The topological polar surface area (TPSA) is 41.6 Å². The lowest BCUT2D eigenvalue weighted by Gasteiger charge is -2.28. The van der Waals surface area contributed by atoms with E-state index in [9.17, 15) is 4.79 Å². The van der Waals surface area contributed by atoms with Crippen LogP contribution in [0.15, 0.2) is 0 Å². The van der Waals surface area contributed by atoms with Crippen LogP contribution in [0.1, 0.15) is 47.0 Å². The van der Waals surface area contributed by atoms with Gasteiger partial charge < -0.3 is 15.0 Å². The summed E-state index contributed by atoms with van der Waals surface area (Å²) >= 11 is 0. The van der Waals surface area contributed by atoms with Crippen LogP contribution in [0.3, 0.4) is 0 Å². The highest BCUT2D eigenvalue weighted by molar-refractivity contribution is 5.80. The monoisotopic (exact) mass is 258 g/mol. The van der Waals surface area contributed by atoms with Crippen LogP contribution in [0.4, 0.5) is 0 Å². The number of esters is 1. The van der Waals surface area contributed by atoms with Gasteiger partial charge in [0.15, 0.2) is 0 Å². The molecule has 0 aromatic heterocycles. The Kier molecular flexibility index (Phi) is 9.02. The van der Waals surface area contributed by atoms with E-state index >= 15 is 0 Å².